The number of aryl methyl sites for hydroxylation is 1. The summed E-state index contributed by atoms with van der Waals surface area (Å²) >= 11 is 0. The normalized spacial score (nSPS) is 9.77. The first-order valence-corrected chi connectivity index (χ1v) is 3.92. The van der Waals surface area contributed by atoms with Gasteiger partial charge in [-0.3, -0.25) is 0 Å². The lowest BCUT2D eigenvalue weighted by atomic mass is 10.2. The summed E-state index contributed by atoms with van der Waals surface area (Å²) in [5.41, 5.74) is 0.555. The van der Waals surface area contributed by atoms with Crippen LogP contribution in [0.3, 0.4) is 0 Å². The largest absolute Gasteiger partial charge is 0.464 e. The Kier molecular flexibility index (Phi) is 2.95. The van der Waals surface area contributed by atoms with Crippen LogP contribution in [0.5, 0.6) is 0 Å². The number of nitrogens with zero attached hydrogens (tertiary/aromatic N) is 1. The molecular weight excluding hydrogens is 173 g/mol. The zero-order valence-electron chi connectivity index (χ0n) is 7.50. The standard InChI is InChI=1S/C9H10FNO2/c1-3-7-4-6(10)5-8(11-7)9(12)13-2/h4-5H,3H2,1-2H3. The minimum atomic E-state index is -0.616. The molecule has 0 N–H and O–H groups in total. The summed E-state index contributed by atoms with van der Waals surface area (Å²) in [6, 6.07) is 2.36. The molecule has 1 aromatic rings. The molecule has 0 saturated heterocycles. The molecule has 1 aromatic heterocycles. The second-order valence-corrected chi connectivity index (χ2v) is 2.51. The molecule has 0 saturated carbocycles. The van der Waals surface area contributed by atoms with E-state index in [0.717, 1.165) is 6.07 Å². The Bertz CT molecular complexity index is 325. The molecule has 0 amide bonds. The Hall–Kier alpha value is -1.45. The van der Waals surface area contributed by atoms with Gasteiger partial charge in [0.25, 0.3) is 0 Å². The number of rotatable bonds is 2. The van der Waals surface area contributed by atoms with Gasteiger partial charge in [-0.25, -0.2) is 14.2 Å². The van der Waals surface area contributed by atoms with Crippen LogP contribution in [-0.4, -0.2) is 18.1 Å². The Morgan fingerprint density at radius 2 is 2.31 bits per heavy atom. The van der Waals surface area contributed by atoms with E-state index >= 15 is 0 Å². The van der Waals surface area contributed by atoms with Gasteiger partial charge in [-0.15, -0.1) is 0 Å². The molecule has 0 fully saturated rings. The van der Waals surface area contributed by atoms with Crippen LogP contribution in [0.1, 0.15) is 23.1 Å². The highest BCUT2D eigenvalue weighted by molar-refractivity contribution is 5.87. The Balaban J connectivity index is 3.08. The summed E-state index contributed by atoms with van der Waals surface area (Å²) in [6.07, 6.45) is 0.585. The molecule has 0 bridgehead atoms. The summed E-state index contributed by atoms with van der Waals surface area (Å²) in [7, 11) is 1.24. The number of halogens is 1. The predicted molar refractivity (Wildman–Crippen MR) is 44.9 cm³/mol. The first-order valence-electron chi connectivity index (χ1n) is 3.92. The first-order chi connectivity index (χ1) is 6.17. The molecule has 0 spiro atoms. The first kappa shape index (κ1) is 9.64. The van der Waals surface area contributed by atoms with Gasteiger partial charge < -0.3 is 4.74 Å². The minimum Gasteiger partial charge on any atom is -0.464 e. The number of aromatic nitrogens is 1. The van der Waals surface area contributed by atoms with Gasteiger partial charge >= 0.3 is 5.97 Å². The molecule has 1 rings (SSSR count). The second-order valence-electron chi connectivity index (χ2n) is 2.51. The Morgan fingerprint density at radius 3 is 2.85 bits per heavy atom. The average molecular weight is 183 g/mol. The molecule has 70 valence electrons. The van der Waals surface area contributed by atoms with E-state index in [1.807, 2.05) is 6.92 Å². The molecular formula is C9H10FNO2. The molecule has 0 aliphatic carbocycles. The smallest absolute Gasteiger partial charge is 0.356 e. The van der Waals surface area contributed by atoms with Gasteiger partial charge in [0, 0.05) is 11.8 Å². The van der Waals surface area contributed by atoms with Crippen LogP contribution in [0.25, 0.3) is 0 Å². The maximum absolute atomic E-state index is 12.9. The maximum atomic E-state index is 12.9. The van der Waals surface area contributed by atoms with E-state index in [-0.39, 0.29) is 5.69 Å². The second kappa shape index (κ2) is 3.98. The predicted octanol–water partition coefficient (Wildman–Crippen LogP) is 1.57. The fourth-order valence-corrected chi connectivity index (χ4v) is 0.941. The van der Waals surface area contributed by atoms with Gasteiger partial charge in [0.2, 0.25) is 0 Å². The van der Waals surface area contributed by atoms with Crippen molar-refractivity contribution >= 4 is 5.97 Å². The Morgan fingerprint density at radius 1 is 1.62 bits per heavy atom. The molecule has 0 unspecified atom stereocenters. The zero-order valence-corrected chi connectivity index (χ0v) is 7.50. The lowest BCUT2D eigenvalue weighted by Gasteiger charge is -2.01. The van der Waals surface area contributed by atoms with E-state index < -0.39 is 11.8 Å². The number of carbonyl (C=O) groups is 1. The van der Waals surface area contributed by atoms with E-state index in [1.165, 1.54) is 13.2 Å². The summed E-state index contributed by atoms with van der Waals surface area (Å²) < 4.78 is 17.3. The molecule has 0 aromatic carbocycles. The van der Waals surface area contributed by atoms with Crippen LogP contribution < -0.4 is 0 Å². The molecule has 1 heterocycles. The SMILES string of the molecule is CCc1cc(F)cc(C(=O)OC)n1. The summed E-state index contributed by atoms with van der Waals surface area (Å²) in [5.74, 6) is -1.08. The summed E-state index contributed by atoms with van der Waals surface area (Å²) in [4.78, 5) is 14.9. The van der Waals surface area contributed by atoms with Gasteiger partial charge in [-0.2, -0.15) is 0 Å². The van der Waals surface area contributed by atoms with Gasteiger partial charge in [-0.1, -0.05) is 6.92 Å². The topological polar surface area (TPSA) is 39.2 Å². The quantitative estimate of drug-likeness (QED) is 0.653. The number of carbonyl (C=O) groups excluding carboxylic acids is 1. The van der Waals surface area contributed by atoms with Gasteiger partial charge in [0.1, 0.15) is 5.82 Å². The van der Waals surface area contributed by atoms with Crippen LogP contribution in [-0.2, 0) is 11.2 Å². The van der Waals surface area contributed by atoms with Crippen molar-refractivity contribution in [2.45, 2.75) is 13.3 Å². The highest BCUT2D eigenvalue weighted by atomic mass is 19.1. The lowest BCUT2D eigenvalue weighted by Crippen LogP contribution is -2.06. The number of ether oxygens (including phenoxy) is 1. The third kappa shape index (κ3) is 2.24. The van der Waals surface area contributed by atoms with Gasteiger partial charge in [0.15, 0.2) is 5.69 Å². The van der Waals surface area contributed by atoms with Gasteiger partial charge in [0.05, 0.1) is 7.11 Å². The number of methoxy groups -OCH3 is 1. The molecule has 0 aliphatic rings. The van der Waals surface area contributed by atoms with Crippen molar-refractivity contribution in [3.8, 4) is 0 Å². The minimum absolute atomic E-state index is 0.0133. The van der Waals surface area contributed by atoms with Crippen molar-refractivity contribution in [1.82, 2.24) is 4.98 Å². The fraction of sp³-hybridized carbons (Fsp3) is 0.333. The molecule has 13 heavy (non-hydrogen) atoms. The summed E-state index contributed by atoms with van der Waals surface area (Å²) in [6.45, 7) is 1.84. The summed E-state index contributed by atoms with van der Waals surface area (Å²) in [5, 5.41) is 0. The van der Waals surface area contributed by atoms with E-state index in [4.69, 9.17) is 0 Å². The number of hydrogen-bond acceptors (Lipinski definition) is 3. The zero-order chi connectivity index (χ0) is 9.84. The molecule has 3 nitrogen and oxygen atoms in total. The van der Waals surface area contributed by atoms with Crippen LogP contribution in [0.2, 0.25) is 0 Å². The van der Waals surface area contributed by atoms with Gasteiger partial charge in [-0.05, 0) is 12.5 Å². The van der Waals surface area contributed by atoms with Crippen molar-refractivity contribution in [2.75, 3.05) is 7.11 Å². The Labute approximate surface area is 75.6 Å². The average Bonchev–Trinajstić information content (AvgIpc) is 2.15. The number of pyridine rings is 1. The monoisotopic (exact) mass is 183 g/mol. The van der Waals surface area contributed by atoms with Crippen molar-refractivity contribution in [3.63, 3.8) is 0 Å². The number of hydrogen-bond donors (Lipinski definition) is 0. The van der Waals surface area contributed by atoms with Crippen LogP contribution in [0, 0.1) is 5.82 Å². The van der Waals surface area contributed by atoms with E-state index in [9.17, 15) is 9.18 Å². The van der Waals surface area contributed by atoms with E-state index in [1.54, 1.807) is 0 Å². The van der Waals surface area contributed by atoms with Crippen LogP contribution >= 0.6 is 0 Å². The van der Waals surface area contributed by atoms with Crippen molar-refractivity contribution in [2.24, 2.45) is 0 Å². The third-order valence-electron chi connectivity index (χ3n) is 1.60. The highest BCUT2D eigenvalue weighted by Crippen LogP contribution is 2.06. The van der Waals surface area contributed by atoms with Crippen molar-refractivity contribution in [1.29, 1.82) is 0 Å². The van der Waals surface area contributed by atoms with Crippen LogP contribution in [0.15, 0.2) is 12.1 Å². The van der Waals surface area contributed by atoms with Crippen molar-refractivity contribution in [3.05, 3.63) is 29.3 Å². The molecule has 0 aliphatic heterocycles. The number of esters is 1. The maximum Gasteiger partial charge on any atom is 0.356 e. The fourth-order valence-electron chi connectivity index (χ4n) is 0.941. The highest BCUT2D eigenvalue weighted by Gasteiger charge is 2.09. The van der Waals surface area contributed by atoms with Crippen LogP contribution in [0.4, 0.5) is 4.39 Å². The van der Waals surface area contributed by atoms with E-state index in [2.05, 4.69) is 9.72 Å². The lowest BCUT2D eigenvalue weighted by molar-refractivity contribution is 0.0593. The van der Waals surface area contributed by atoms with Crippen molar-refractivity contribution < 1.29 is 13.9 Å². The molecule has 0 radical (unpaired) electrons. The molecule has 0 atom stereocenters. The third-order valence-corrected chi connectivity index (χ3v) is 1.60. The van der Waals surface area contributed by atoms with E-state index in [0.29, 0.717) is 12.1 Å². The molecule has 4 heteroatoms.